The maximum absolute atomic E-state index is 11.1. The Morgan fingerprint density at radius 2 is 1.76 bits per heavy atom. The van der Waals surface area contributed by atoms with Gasteiger partial charge in [0.05, 0.1) is 19.6 Å². The van der Waals surface area contributed by atoms with E-state index in [1.54, 1.807) is 20.8 Å². The summed E-state index contributed by atoms with van der Waals surface area (Å²) in [6, 6.07) is 0. The Labute approximate surface area is 100.0 Å². The molecule has 1 amide bonds. The van der Waals surface area contributed by atoms with Gasteiger partial charge in [-0.2, -0.15) is 0 Å². The molecular formula is C10H19NO6. The monoisotopic (exact) mass is 249 g/mol. The van der Waals surface area contributed by atoms with Crippen molar-refractivity contribution < 1.29 is 29.2 Å². The van der Waals surface area contributed by atoms with Crippen LogP contribution in [0.1, 0.15) is 27.2 Å². The zero-order valence-electron chi connectivity index (χ0n) is 10.3. The molecule has 100 valence electrons. The molecule has 17 heavy (non-hydrogen) atoms. The lowest BCUT2D eigenvalue weighted by Gasteiger charge is -2.19. The van der Waals surface area contributed by atoms with Crippen LogP contribution in [0.25, 0.3) is 0 Å². The number of carboxylic acids is 1. The Hall–Kier alpha value is -1.34. The second-order valence-corrected chi connectivity index (χ2v) is 4.22. The number of carboxylic acid groups (broad SMARTS) is 1. The number of hydrogen-bond donors (Lipinski definition) is 2. The van der Waals surface area contributed by atoms with E-state index in [-0.39, 0.29) is 26.2 Å². The maximum Gasteiger partial charge on any atom is 0.407 e. The molecule has 0 saturated carbocycles. The molecule has 0 atom stereocenters. The Morgan fingerprint density at radius 1 is 1.18 bits per heavy atom. The summed E-state index contributed by atoms with van der Waals surface area (Å²) in [6.07, 6.45) is -0.661. The number of carbonyl (C=O) groups excluding carboxylic acids is 1. The van der Waals surface area contributed by atoms with E-state index in [1.807, 2.05) is 0 Å². The molecule has 7 heteroatoms. The van der Waals surface area contributed by atoms with Crippen molar-refractivity contribution in [2.75, 3.05) is 19.8 Å². The minimum absolute atomic E-state index is 0.0260. The van der Waals surface area contributed by atoms with E-state index < -0.39 is 17.7 Å². The molecule has 0 unspecified atom stereocenters. The molecule has 2 N–H and O–H groups in total. The summed E-state index contributed by atoms with van der Waals surface area (Å²) in [4.78, 5) is 30.4. The van der Waals surface area contributed by atoms with Gasteiger partial charge in [0, 0.05) is 6.54 Å². The first kappa shape index (κ1) is 15.7. The Morgan fingerprint density at radius 3 is 2.29 bits per heavy atom. The minimum atomic E-state index is -0.958. The fourth-order valence-electron chi connectivity index (χ4n) is 0.756. The summed E-state index contributed by atoms with van der Waals surface area (Å²) >= 11 is 0. The lowest BCUT2D eigenvalue weighted by molar-refractivity contribution is -0.292. The summed E-state index contributed by atoms with van der Waals surface area (Å²) in [5, 5.41) is 10.7. The molecule has 0 heterocycles. The molecular weight excluding hydrogens is 230 g/mol. The van der Waals surface area contributed by atoms with Gasteiger partial charge in [-0.3, -0.25) is 4.79 Å². The highest BCUT2D eigenvalue weighted by Crippen LogP contribution is 2.05. The summed E-state index contributed by atoms with van der Waals surface area (Å²) in [7, 11) is 0. The van der Waals surface area contributed by atoms with Gasteiger partial charge in [-0.1, -0.05) is 0 Å². The molecule has 7 nitrogen and oxygen atoms in total. The van der Waals surface area contributed by atoms with Gasteiger partial charge >= 0.3 is 12.1 Å². The lowest BCUT2D eigenvalue weighted by atomic mass is 10.2. The average Bonchev–Trinajstić information content (AvgIpc) is 2.12. The van der Waals surface area contributed by atoms with E-state index in [0.29, 0.717) is 0 Å². The quantitative estimate of drug-likeness (QED) is 0.396. The summed E-state index contributed by atoms with van der Waals surface area (Å²) in [5.41, 5.74) is -0.539. The first-order valence-corrected chi connectivity index (χ1v) is 5.24. The van der Waals surface area contributed by atoms with Crippen LogP contribution in [-0.4, -0.2) is 42.5 Å². The number of alkyl carbamates (subject to hydrolysis) is 1. The van der Waals surface area contributed by atoms with Gasteiger partial charge in [-0.05, 0) is 20.8 Å². The number of ether oxygens (including phenoxy) is 1. The SMILES string of the molecule is CC(C)(C)OC(=O)NCCOOCCC(=O)O. The van der Waals surface area contributed by atoms with Crippen molar-refractivity contribution in [2.24, 2.45) is 0 Å². The van der Waals surface area contributed by atoms with Gasteiger partial charge in [0.2, 0.25) is 0 Å². The van der Waals surface area contributed by atoms with Crippen LogP contribution in [0.5, 0.6) is 0 Å². The molecule has 0 radical (unpaired) electrons. The topological polar surface area (TPSA) is 94.1 Å². The van der Waals surface area contributed by atoms with Crippen LogP contribution in [0, 0.1) is 0 Å². The minimum Gasteiger partial charge on any atom is -0.481 e. The first-order valence-electron chi connectivity index (χ1n) is 5.24. The molecule has 0 aromatic carbocycles. The largest absolute Gasteiger partial charge is 0.481 e. The lowest BCUT2D eigenvalue weighted by Crippen LogP contribution is -2.34. The number of nitrogens with one attached hydrogen (secondary N) is 1. The molecule has 0 saturated heterocycles. The molecule has 0 aromatic heterocycles. The number of carbonyl (C=O) groups is 2. The van der Waals surface area contributed by atoms with Crippen LogP contribution in [0.2, 0.25) is 0 Å². The van der Waals surface area contributed by atoms with Gasteiger partial charge in [-0.15, -0.1) is 0 Å². The highest BCUT2D eigenvalue weighted by molar-refractivity contribution is 5.67. The van der Waals surface area contributed by atoms with E-state index >= 15 is 0 Å². The molecule has 0 aliphatic heterocycles. The van der Waals surface area contributed by atoms with E-state index in [1.165, 1.54) is 0 Å². The summed E-state index contributed by atoms with van der Waals surface area (Å²) < 4.78 is 4.97. The fraction of sp³-hybridized carbons (Fsp3) is 0.800. The van der Waals surface area contributed by atoms with Crippen molar-refractivity contribution in [3.05, 3.63) is 0 Å². The molecule has 0 aliphatic rings. The third-order valence-corrected chi connectivity index (χ3v) is 1.34. The standard InChI is InChI=1S/C10H19NO6/c1-10(2,3)17-9(14)11-5-7-16-15-6-4-8(12)13/h4-7H2,1-3H3,(H,11,14)(H,12,13). The van der Waals surface area contributed by atoms with Crippen LogP contribution < -0.4 is 5.32 Å². The normalized spacial score (nSPS) is 11.0. The first-order chi connectivity index (χ1) is 7.81. The van der Waals surface area contributed by atoms with Crippen molar-refractivity contribution in [3.63, 3.8) is 0 Å². The maximum atomic E-state index is 11.1. The molecule has 0 rings (SSSR count). The van der Waals surface area contributed by atoms with Gasteiger partial charge < -0.3 is 15.2 Å². The molecule has 0 bridgehead atoms. The number of hydrogen-bond acceptors (Lipinski definition) is 5. The zero-order chi connectivity index (χ0) is 13.3. The van der Waals surface area contributed by atoms with Crippen molar-refractivity contribution in [1.82, 2.24) is 5.32 Å². The smallest absolute Gasteiger partial charge is 0.407 e. The Kier molecular flexibility index (Phi) is 7.24. The molecule has 0 fully saturated rings. The number of amides is 1. The third kappa shape index (κ3) is 12.6. The predicted octanol–water partition coefficient (Wildman–Crippen LogP) is 0.934. The van der Waals surface area contributed by atoms with Crippen LogP contribution in [-0.2, 0) is 19.3 Å². The van der Waals surface area contributed by atoms with Crippen LogP contribution in [0.4, 0.5) is 4.79 Å². The van der Waals surface area contributed by atoms with E-state index in [9.17, 15) is 9.59 Å². The highest BCUT2D eigenvalue weighted by Gasteiger charge is 2.15. The van der Waals surface area contributed by atoms with E-state index in [2.05, 4.69) is 15.1 Å². The summed E-state index contributed by atoms with van der Waals surface area (Å²) in [6.45, 7) is 5.61. The third-order valence-electron chi connectivity index (χ3n) is 1.34. The Balaban J connectivity index is 3.34. The average molecular weight is 249 g/mol. The second-order valence-electron chi connectivity index (χ2n) is 4.22. The van der Waals surface area contributed by atoms with Crippen molar-refractivity contribution in [3.8, 4) is 0 Å². The highest BCUT2D eigenvalue weighted by atomic mass is 17.2. The van der Waals surface area contributed by atoms with Crippen LogP contribution >= 0.6 is 0 Å². The van der Waals surface area contributed by atoms with Gasteiger partial charge in [0.25, 0.3) is 0 Å². The molecule has 0 aromatic rings. The summed E-state index contributed by atoms with van der Waals surface area (Å²) in [5.74, 6) is -0.958. The number of aliphatic carboxylic acids is 1. The molecule has 0 aliphatic carbocycles. The fourth-order valence-corrected chi connectivity index (χ4v) is 0.756. The predicted molar refractivity (Wildman–Crippen MR) is 58.4 cm³/mol. The van der Waals surface area contributed by atoms with E-state index in [4.69, 9.17) is 9.84 Å². The molecule has 0 spiro atoms. The van der Waals surface area contributed by atoms with Gasteiger partial charge in [-0.25, -0.2) is 14.6 Å². The number of rotatable bonds is 7. The van der Waals surface area contributed by atoms with Crippen LogP contribution in [0.3, 0.4) is 0 Å². The second kappa shape index (κ2) is 7.86. The van der Waals surface area contributed by atoms with Crippen LogP contribution in [0.15, 0.2) is 0 Å². The van der Waals surface area contributed by atoms with Crippen molar-refractivity contribution in [2.45, 2.75) is 32.8 Å². The van der Waals surface area contributed by atoms with E-state index in [0.717, 1.165) is 0 Å². The van der Waals surface area contributed by atoms with Gasteiger partial charge in [0.15, 0.2) is 0 Å². The van der Waals surface area contributed by atoms with Gasteiger partial charge in [0.1, 0.15) is 5.60 Å². The zero-order valence-corrected chi connectivity index (χ0v) is 10.3. The Bertz CT molecular complexity index is 248. The van der Waals surface area contributed by atoms with Crippen molar-refractivity contribution >= 4 is 12.1 Å². The van der Waals surface area contributed by atoms with Crippen molar-refractivity contribution in [1.29, 1.82) is 0 Å².